The molecule has 1 aliphatic rings. The van der Waals surface area contributed by atoms with Gasteiger partial charge in [-0.3, -0.25) is 9.44 Å². The molecule has 0 unspecified atom stereocenters. The summed E-state index contributed by atoms with van der Waals surface area (Å²) in [7, 11) is -7.29. The van der Waals surface area contributed by atoms with Crippen molar-refractivity contribution in [3.8, 4) is 0 Å². The molecule has 0 bridgehead atoms. The smallest absolute Gasteiger partial charge is 0.271 e. The maximum absolute atomic E-state index is 12.9. The highest BCUT2D eigenvalue weighted by molar-refractivity contribution is 7.95. The van der Waals surface area contributed by atoms with E-state index in [1.807, 2.05) is 42.5 Å². The van der Waals surface area contributed by atoms with Gasteiger partial charge in [0.15, 0.2) is 0 Å². The maximum atomic E-state index is 12.9. The molecule has 16 heteroatoms. The molecule has 0 atom stereocenters. The molecule has 7 rings (SSSR count). The minimum atomic E-state index is -3.65. The normalized spacial score (nSPS) is 13.6. The number of benzene rings is 2. The monoisotopic (exact) mass is 818 g/mol. The number of nitrogens with one attached hydrogen (secondary N) is 3. The SMILES string of the molecule is CC(C)c1ccc(NS(=O)(=O)c2cc3c(Cl)nccc3s2)cc1.CC(C)c1ccc(NS(=O)(=O)c2cc3c(N4CCNCC4)nccc3s2)cc1.Cl. The minimum Gasteiger partial charge on any atom is -0.354 e. The van der Waals surface area contributed by atoms with Crippen molar-refractivity contribution in [2.75, 3.05) is 40.5 Å². The molecule has 0 amide bonds. The molecule has 2 aromatic carbocycles. The van der Waals surface area contributed by atoms with Gasteiger partial charge in [0.25, 0.3) is 20.0 Å². The first kappa shape index (κ1) is 39.7. The largest absolute Gasteiger partial charge is 0.354 e. The van der Waals surface area contributed by atoms with Gasteiger partial charge in [0.2, 0.25) is 0 Å². The standard InChI is InChI=1S/C20H24N4O2S2.C16H15ClN2O2S2.ClH/c1-14(2)15-3-5-16(6-4-15)23-28(25,26)19-13-17-18(27-19)7-8-22-20(17)24-11-9-21-10-12-24;1-10(2)11-3-5-12(6-4-11)19-23(20,21)15-9-13-14(22-15)7-8-18-16(13)17;/h3-8,13-14,21,23H,9-12H2,1-2H3;3-10,19H,1-2H3;1H. The number of nitrogens with zero attached hydrogens (tertiary/aromatic N) is 3. The van der Waals surface area contributed by atoms with E-state index in [9.17, 15) is 16.8 Å². The van der Waals surface area contributed by atoms with E-state index >= 15 is 0 Å². The number of piperazine rings is 1. The number of pyridine rings is 2. The van der Waals surface area contributed by atoms with Crippen LogP contribution in [0, 0.1) is 0 Å². The fourth-order valence-corrected chi connectivity index (χ4v) is 10.7. The van der Waals surface area contributed by atoms with Crippen molar-refractivity contribution in [3.05, 3.63) is 101 Å². The second-order valence-corrected chi connectivity index (χ2v) is 19.0. The summed E-state index contributed by atoms with van der Waals surface area (Å²) in [6.45, 7) is 11.9. The Hall–Kier alpha value is -3.50. The Morgan fingerprint density at radius 1 is 0.692 bits per heavy atom. The number of halogens is 2. The second kappa shape index (κ2) is 16.7. The molecule has 276 valence electrons. The van der Waals surface area contributed by atoms with Gasteiger partial charge in [0, 0.05) is 70.1 Å². The maximum Gasteiger partial charge on any atom is 0.271 e. The van der Waals surface area contributed by atoms with Gasteiger partial charge in [-0.15, -0.1) is 35.1 Å². The van der Waals surface area contributed by atoms with E-state index in [-0.39, 0.29) is 16.6 Å². The molecule has 5 heterocycles. The Morgan fingerprint density at radius 3 is 1.60 bits per heavy atom. The summed E-state index contributed by atoms with van der Waals surface area (Å²) in [4.78, 5) is 10.7. The zero-order chi connectivity index (χ0) is 36.3. The van der Waals surface area contributed by atoms with Crippen LogP contribution in [-0.2, 0) is 20.0 Å². The highest BCUT2D eigenvalue weighted by Crippen LogP contribution is 2.36. The minimum absolute atomic E-state index is 0. The Kier molecular flexibility index (Phi) is 12.7. The molecule has 0 radical (unpaired) electrons. The highest BCUT2D eigenvalue weighted by Gasteiger charge is 2.22. The summed E-state index contributed by atoms with van der Waals surface area (Å²) in [6.07, 6.45) is 3.32. The zero-order valence-electron chi connectivity index (χ0n) is 29.0. The summed E-state index contributed by atoms with van der Waals surface area (Å²) >= 11 is 8.46. The lowest BCUT2D eigenvalue weighted by Gasteiger charge is -2.28. The van der Waals surface area contributed by atoms with Crippen LogP contribution in [0.2, 0.25) is 5.15 Å². The lowest BCUT2D eigenvalue weighted by Crippen LogP contribution is -2.43. The number of thiophene rings is 2. The van der Waals surface area contributed by atoms with Gasteiger partial charge in [0.05, 0.1) is 0 Å². The first-order valence-electron chi connectivity index (χ1n) is 16.4. The molecule has 0 spiro atoms. The third kappa shape index (κ3) is 9.16. The Bertz CT molecular complexity index is 2360. The van der Waals surface area contributed by atoms with Crippen LogP contribution in [0.25, 0.3) is 20.2 Å². The predicted molar refractivity (Wildman–Crippen MR) is 219 cm³/mol. The highest BCUT2D eigenvalue weighted by atomic mass is 35.5. The van der Waals surface area contributed by atoms with Crippen molar-refractivity contribution in [2.45, 2.75) is 47.9 Å². The van der Waals surface area contributed by atoms with Crippen molar-refractivity contribution in [1.82, 2.24) is 15.3 Å². The van der Waals surface area contributed by atoms with Crippen molar-refractivity contribution >= 4 is 104 Å². The van der Waals surface area contributed by atoms with E-state index in [4.69, 9.17) is 11.6 Å². The molecule has 1 saturated heterocycles. The molecule has 1 aliphatic heterocycles. The van der Waals surface area contributed by atoms with Crippen LogP contribution in [0.4, 0.5) is 17.2 Å². The first-order valence-corrected chi connectivity index (χ1v) is 21.4. The predicted octanol–water partition coefficient (Wildman–Crippen LogP) is 8.93. The van der Waals surface area contributed by atoms with Crippen LogP contribution >= 0.6 is 46.7 Å². The molecule has 4 aromatic heterocycles. The quantitative estimate of drug-likeness (QED) is 0.123. The number of fused-ring (bicyclic) bond motifs is 2. The Labute approximate surface area is 324 Å². The zero-order valence-corrected chi connectivity index (χ0v) is 33.8. The molecule has 0 saturated carbocycles. The molecule has 10 nitrogen and oxygen atoms in total. The van der Waals surface area contributed by atoms with Crippen molar-refractivity contribution in [1.29, 1.82) is 0 Å². The lowest BCUT2D eigenvalue weighted by molar-refractivity contribution is 0.586. The van der Waals surface area contributed by atoms with E-state index in [0.29, 0.717) is 38.0 Å². The van der Waals surface area contributed by atoms with Gasteiger partial charge in [0.1, 0.15) is 19.4 Å². The number of hydrogen-bond acceptors (Lipinski definition) is 10. The molecule has 52 heavy (non-hydrogen) atoms. The summed E-state index contributed by atoms with van der Waals surface area (Å²) in [5.74, 6) is 1.67. The third-order valence-electron chi connectivity index (χ3n) is 8.38. The Balaban J connectivity index is 0.000000201. The summed E-state index contributed by atoms with van der Waals surface area (Å²) in [5.41, 5.74) is 3.45. The van der Waals surface area contributed by atoms with E-state index in [0.717, 1.165) is 52.3 Å². The Morgan fingerprint density at radius 2 is 1.13 bits per heavy atom. The lowest BCUT2D eigenvalue weighted by atomic mass is 10.0. The number of sulfonamides is 2. The molecular formula is C36H40Cl2N6O4S4. The van der Waals surface area contributed by atoms with Crippen LogP contribution < -0.4 is 19.7 Å². The van der Waals surface area contributed by atoms with E-state index in [2.05, 4.69) is 57.3 Å². The van der Waals surface area contributed by atoms with Gasteiger partial charge in [-0.05, 0) is 71.5 Å². The van der Waals surface area contributed by atoms with Crippen molar-refractivity contribution < 1.29 is 16.8 Å². The van der Waals surface area contributed by atoms with Crippen LogP contribution in [0.3, 0.4) is 0 Å². The first-order chi connectivity index (χ1) is 24.3. The molecule has 1 fully saturated rings. The third-order valence-corrected chi connectivity index (χ3v) is 14.6. The van der Waals surface area contributed by atoms with Crippen LogP contribution in [0.1, 0.15) is 50.7 Å². The van der Waals surface area contributed by atoms with Crippen molar-refractivity contribution in [2.24, 2.45) is 0 Å². The van der Waals surface area contributed by atoms with Gasteiger partial charge in [-0.1, -0.05) is 63.6 Å². The topological polar surface area (TPSA) is 133 Å². The van der Waals surface area contributed by atoms with Crippen LogP contribution in [0.5, 0.6) is 0 Å². The number of aromatic nitrogens is 2. The van der Waals surface area contributed by atoms with Gasteiger partial charge in [-0.2, -0.15) is 0 Å². The van der Waals surface area contributed by atoms with Gasteiger partial charge < -0.3 is 10.2 Å². The van der Waals surface area contributed by atoms with Crippen LogP contribution in [-0.4, -0.2) is 53.0 Å². The summed E-state index contributed by atoms with van der Waals surface area (Å²) in [6, 6.07) is 21.9. The van der Waals surface area contributed by atoms with E-state index < -0.39 is 20.0 Å². The summed E-state index contributed by atoms with van der Waals surface area (Å²) < 4.78 is 58.5. The van der Waals surface area contributed by atoms with E-state index in [1.165, 1.54) is 28.2 Å². The molecule has 6 aromatic rings. The molecule has 3 N–H and O–H groups in total. The fraction of sp³-hybridized carbons (Fsp3) is 0.278. The average molecular weight is 820 g/mol. The number of rotatable bonds is 9. The van der Waals surface area contributed by atoms with Gasteiger partial charge in [-0.25, -0.2) is 26.8 Å². The number of hydrogen-bond donors (Lipinski definition) is 3. The average Bonchev–Trinajstić information content (AvgIpc) is 3.76. The second-order valence-electron chi connectivity index (χ2n) is 12.7. The summed E-state index contributed by atoms with van der Waals surface area (Å²) in [5, 5.41) is 5.18. The van der Waals surface area contributed by atoms with Crippen LogP contribution in [0.15, 0.2) is 93.6 Å². The number of anilines is 3. The fourth-order valence-electron chi connectivity index (χ4n) is 5.51. The van der Waals surface area contributed by atoms with Gasteiger partial charge >= 0.3 is 0 Å². The van der Waals surface area contributed by atoms with E-state index in [1.54, 1.807) is 42.7 Å². The molecule has 0 aliphatic carbocycles. The van der Waals surface area contributed by atoms with Crippen molar-refractivity contribution in [3.63, 3.8) is 0 Å². The molecular weight excluding hydrogens is 780 g/mol.